The third kappa shape index (κ3) is 35.3. The molecule has 308 valence electrons. The molecule has 0 aliphatic heterocycles. The van der Waals surface area contributed by atoms with Crippen molar-refractivity contribution in [2.75, 3.05) is 24.9 Å². The number of carbonyl (C=O) groups excluding carboxylic acids is 4. The number of benzene rings is 2. The van der Waals surface area contributed by atoms with Gasteiger partial charge in [-0.15, -0.1) is 0 Å². The molecule has 2 aromatic rings. The fraction of sp³-hybridized carbons (Fsp3) is 0.632. The van der Waals surface area contributed by atoms with Gasteiger partial charge >= 0.3 is 12.3 Å². The summed E-state index contributed by atoms with van der Waals surface area (Å²) in [6.45, 7) is 13.1. The molecule has 0 saturated heterocycles. The van der Waals surface area contributed by atoms with Crippen molar-refractivity contribution in [2.45, 2.75) is 116 Å². The Morgan fingerprint density at radius 3 is 1.59 bits per heavy atom. The number of rotatable bonds is 21. The Kier molecular flexibility index (Phi) is 28.7. The zero-order valence-corrected chi connectivity index (χ0v) is 36.0. The normalized spacial score (nSPS) is 12.6. The van der Waals surface area contributed by atoms with Crippen LogP contribution in [0.4, 0.5) is 8.78 Å². The minimum absolute atomic E-state index is 0.0762. The van der Waals surface area contributed by atoms with Crippen LogP contribution in [0.1, 0.15) is 104 Å². The van der Waals surface area contributed by atoms with Crippen LogP contribution in [0.2, 0.25) is 0 Å². The third-order valence-electron chi connectivity index (χ3n) is 7.50. The molecule has 0 bridgehead atoms. The van der Waals surface area contributed by atoms with Gasteiger partial charge in [-0.3, -0.25) is 8.37 Å². The van der Waals surface area contributed by atoms with Gasteiger partial charge in [0.2, 0.25) is 0 Å². The van der Waals surface area contributed by atoms with Gasteiger partial charge in [0.05, 0.1) is 25.2 Å². The topological polar surface area (TPSA) is 155 Å². The van der Waals surface area contributed by atoms with E-state index in [9.17, 15) is 25.6 Å². The van der Waals surface area contributed by atoms with E-state index in [2.05, 4.69) is 45.7 Å². The standard InChI is InChI=1S/C23H30F2S2.C13H28O6S2.2CO2/c1-23(2,3)14-12-22(27-17-19-6-10-21(25)11-7-19)13-15-26-16-18-4-8-20(24)9-5-18;1-6-9-13(2,3)10-7-12(19-21(5,16)17)8-11-18-20(4,14)15;2*2-1-3/h4-11,22H,12-17H2,1-3H3;12H,6-11H2,1-5H3;;/t;12-;;/m.0../s1. The maximum Gasteiger partial charge on any atom is 0.373 e. The summed E-state index contributed by atoms with van der Waals surface area (Å²) in [5, 5.41) is 0.606. The van der Waals surface area contributed by atoms with Crippen LogP contribution in [0.3, 0.4) is 0 Å². The second-order valence-electron chi connectivity index (χ2n) is 14.5. The average molecular weight is 841 g/mol. The molecule has 10 nitrogen and oxygen atoms in total. The van der Waals surface area contributed by atoms with Gasteiger partial charge in [0.25, 0.3) is 20.2 Å². The first-order valence-electron chi connectivity index (χ1n) is 17.4. The molecule has 0 aliphatic carbocycles. The van der Waals surface area contributed by atoms with E-state index in [1.807, 2.05) is 47.8 Å². The minimum Gasteiger partial charge on any atom is -0.270 e. The Morgan fingerprint density at radius 2 is 1.17 bits per heavy atom. The van der Waals surface area contributed by atoms with Gasteiger partial charge in [0.1, 0.15) is 11.6 Å². The van der Waals surface area contributed by atoms with Gasteiger partial charge in [0, 0.05) is 16.8 Å². The van der Waals surface area contributed by atoms with Crippen molar-refractivity contribution in [3.63, 3.8) is 0 Å². The Labute approximate surface area is 330 Å². The van der Waals surface area contributed by atoms with Gasteiger partial charge in [-0.2, -0.15) is 59.5 Å². The summed E-state index contributed by atoms with van der Waals surface area (Å²) >= 11 is 3.90. The van der Waals surface area contributed by atoms with Gasteiger partial charge in [-0.25, -0.2) is 8.78 Å². The van der Waals surface area contributed by atoms with Crippen molar-refractivity contribution in [3.8, 4) is 0 Å². The second-order valence-corrected chi connectivity index (χ2v) is 20.1. The monoisotopic (exact) mass is 840 g/mol. The third-order valence-corrected chi connectivity index (χ3v) is 11.2. The van der Waals surface area contributed by atoms with Gasteiger partial charge in [-0.05, 0) is 96.9 Å². The highest BCUT2D eigenvalue weighted by molar-refractivity contribution is 7.99. The van der Waals surface area contributed by atoms with Gasteiger partial charge < -0.3 is 0 Å². The molecule has 2 aromatic carbocycles. The van der Waals surface area contributed by atoms with Gasteiger partial charge in [-0.1, -0.05) is 72.2 Å². The molecule has 0 radical (unpaired) electrons. The van der Waals surface area contributed by atoms with Gasteiger partial charge in [0.15, 0.2) is 0 Å². The fourth-order valence-corrected chi connectivity index (χ4v) is 8.31. The molecular weight excluding hydrogens is 783 g/mol. The number of hydrogen-bond donors (Lipinski definition) is 0. The molecule has 0 amide bonds. The fourth-order valence-electron chi connectivity index (χ4n) is 4.86. The van der Waals surface area contributed by atoms with Crippen molar-refractivity contribution in [2.24, 2.45) is 10.8 Å². The molecule has 0 N–H and O–H groups in total. The number of halogens is 2. The molecule has 2 atom stereocenters. The van der Waals surface area contributed by atoms with Crippen LogP contribution >= 0.6 is 23.5 Å². The highest BCUT2D eigenvalue weighted by atomic mass is 32.2. The summed E-state index contributed by atoms with van der Waals surface area (Å²) in [5.41, 5.74) is 2.80. The van der Waals surface area contributed by atoms with Crippen molar-refractivity contribution >= 4 is 56.1 Å². The van der Waals surface area contributed by atoms with E-state index >= 15 is 0 Å². The van der Waals surface area contributed by atoms with Crippen molar-refractivity contribution < 1.29 is 53.2 Å². The predicted octanol–water partition coefficient (Wildman–Crippen LogP) is 8.85. The molecule has 1 unspecified atom stereocenters. The smallest absolute Gasteiger partial charge is 0.270 e. The zero-order chi connectivity index (χ0) is 41.8. The Morgan fingerprint density at radius 1 is 0.685 bits per heavy atom. The lowest BCUT2D eigenvalue weighted by molar-refractivity contribution is -0.193. The lowest BCUT2D eigenvalue weighted by Crippen LogP contribution is -2.23. The second kappa shape index (κ2) is 28.9. The summed E-state index contributed by atoms with van der Waals surface area (Å²) in [6.07, 6.45) is 9.14. The molecule has 0 fully saturated rings. The van der Waals surface area contributed by atoms with Crippen LogP contribution in [0.25, 0.3) is 0 Å². The van der Waals surface area contributed by atoms with Crippen molar-refractivity contribution in [1.29, 1.82) is 0 Å². The van der Waals surface area contributed by atoms with E-state index in [4.69, 9.17) is 23.4 Å². The van der Waals surface area contributed by atoms with Crippen LogP contribution in [0.5, 0.6) is 0 Å². The Hall–Kier alpha value is -2.42. The molecular formula is C38H58F2O10S4. The van der Waals surface area contributed by atoms with Crippen LogP contribution < -0.4 is 0 Å². The maximum absolute atomic E-state index is 13.1. The number of thioether (sulfide) groups is 2. The molecule has 16 heteroatoms. The van der Waals surface area contributed by atoms with Crippen LogP contribution in [-0.2, 0) is 59.3 Å². The maximum atomic E-state index is 13.1. The molecule has 0 aliphatic rings. The molecule has 2 rings (SSSR count). The van der Waals surface area contributed by atoms with E-state index in [1.54, 1.807) is 12.1 Å². The van der Waals surface area contributed by atoms with Crippen LogP contribution in [-0.4, -0.2) is 65.4 Å². The summed E-state index contributed by atoms with van der Waals surface area (Å²) in [7, 11) is -7.09. The minimum atomic E-state index is -3.57. The summed E-state index contributed by atoms with van der Waals surface area (Å²) in [5.74, 6) is 2.60. The van der Waals surface area contributed by atoms with E-state index in [0.29, 0.717) is 17.1 Å². The summed E-state index contributed by atoms with van der Waals surface area (Å²) in [4.78, 5) is 32.5. The largest absolute Gasteiger partial charge is 0.373 e. The van der Waals surface area contributed by atoms with Crippen molar-refractivity contribution in [3.05, 3.63) is 71.3 Å². The summed E-state index contributed by atoms with van der Waals surface area (Å²) < 4.78 is 80.1. The predicted molar refractivity (Wildman–Crippen MR) is 210 cm³/mol. The van der Waals surface area contributed by atoms with E-state index < -0.39 is 26.3 Å². The molecule has 0 saturated carbocycles. The quantitative estimate of drug-likeness (QED) is 0.0871. The van der Waals surface area contributed by atoms with Crippen LogP contribution in [0, 0.1) is 22.5 Å². The van der Waals surface area contributed by atoms with E-state index in [0.717, 1.165) is 55.5 Å². The highest BCUT2D eigenvalue weighted by Crippen LogP contribution is 2.32. The zero-order valence-electron chi connectivity index (χ0n) is 32.7. The van der Waals surface area contributed by atoms with Crippen LogP contribution in [0.15, 0.2) is 48.5 Å². The summed E-state index contributed by atoms with van der Waals surface area (Å²) in [6, 6.07) is 13.6. The first-order valence-corrected chi connectivity index (χ1v) is 23.2. The van der Waals surface area contributed by atoms with E-state index in [1.165, 1.54) is 36.1 Å². The SMILES string of the molecule is CC(C)(C)CCC(CCSCc1ccc(F)cc1)SCc1ccc(F)cc1.CCCC(C)(C)CC[C@@H](CCOS(C)(=O)=O)OS(C)(=O)=O.O=C=O.O=C=O. The lowest BCUT2D eigenvalue weighted by Gasteiger charge is -2.26. The molecule has 0 aromatic heterocycles. The lowest BCUT2D eigenvalue weighted by atomic mass is 9.82. The van der Waals surface area contributed by atoms with E-state index in [-0.39, 0.29) is 42.4 Å². The first kappa shape index (κ1) is 53.7. The van der Waals surface area contributed by atoms with Crippen molar-refractivity contribution in [1.82, 2.24) is 0 Å². The number of hydrogen-bond acceptors (Lipinski definition) is 12. The highest BCUT2D eigenvalue weighted by Gasteiger charge is 2.23. The average Bonchev–Trinajstić information content (AvgIpc) is 3.04. The molecule has 0 spiro atoms. The first-order chi connectivity index (χ1) is 25.0. The molecule has 54 heavy (non-hydrogen) atoms. The molecule has 0 heterocycles. The Bertz CT molecular complexity index is 1550. The Balaban J connectivity index is 0.